The zero-order valence-corrected chi connectivity index (χ0v) is 26.4. The van der Waals surface area contributed by atoms with Crippen molar-refractivity contribution in [1.29, 1.82) is 0 Å². The summed E-state index contributed by atoms with van der Waals surface area (Å²) in [5.74, 6) is -0.781. The summed E-state index contributed by atoms with van der Waals surface area (Å²) in [7, 11) is 3.15. The molecule has 1 heterocycles. The number of methoxy groups -OCH3 is 2. The van der Waals surface area contributed by atoms with Crippen LogP contribution in [0.2, 0.25) is 0 Å². The van der Waals surface area contributed by atoms with E-state index in [4.69, 9.17) is 33.4 Å². The van der Waals surface area contributed by atoms with Gasteiger partial charge in [-0.05, 0) is 75.4 Å². The van der Waals surface area contributed by atoms with E-state index in [1.165, 1.54) is 6.92 Å². The van der Waals surface area contributed by atoms with Gasteiger partial charge in [-0.15, -0.1) is 0 Å². The summed E-state index contributed by atoms with van der Waals surface area (Å²) in [4.78, 5) is 44.3. The minimum Gasteiger partial charge on any atom is -0.493 e. The predicted molar refractivity (Wildman–Crippen MR) is 164 cm³/mol. The topological polar surface area (TPSA) is 119 Å². The van der Waals surface area contributed by atoms with Crippen LogP contribution >= 0.6 is 0 Å². The molecule has 2 aliphatic rings. The summed E-state index contributed by atoms with van der Waals surface area (Å²) in [6, 6.07) is 10.8. The summed E-state index contributed by atoms with van der Waals surface area (Å²) in [6.07, 6.45) is 0.771. The molecular formula is C34H41NO9. The van der Waals surface area contributed by atoms with Crippen LogP contribution in [0, 0.1) is 5.92 Å². The third-order valence-electron chi connectivity index (χ3n) is 7.70. The molecule has 0 aromatic heterocycles. The smallest absolute Gasteiger partial charge is 0.336 e. The number of carbonyl (C=O) groups excluding carboxylic acids is 3. The van der Waals surface area contributed by atoms with Gasteiger partial charge in [-0.2, -0.15) is 0 Å². The Labute approximate surface area is 258 Å². The molecule has 1 aliphatic carbocycles. The molecule has 0 spiro atoms. The Morgan fingerprint density at radius 3 is 2.25 bits per heavy atom. The van der Waals surface area contributed by atoms with E-state index in [1.54, 1.807) is 39.3 Å². The average molecular weight is 608 g/mol. The number of rotatable bonds is 12. The third kappa shape index (κ3) is 7.30. The first-order chi connectivity index (χ1) is 21.1. The van der Waals surface area contributed by atoms with Crippen molar-refractivity contribution >= 4 is 23.4 Å². The van der Waals surface area contributed by atoms with Crippen LogP contribution in [0.15, 0.2) is 52.7 Å². The van der Waals surface area contributed by atoms with Gasteiger partial charge in [0.25, 0.3) is 0 Å². The highest BCUT2D eigenvalue weighted by molar-refractivity contribution is 6.12. The lowest BCUT2D eigenvalue weighted by atomic mass is 9.66. The van der Waals surface area contributed by atoms with Gasteiger partial charge in [0.1, 0.15) is 12.4 Å². The van der Waals surface area contributed by atoms with Crippen LogP contribution < -0.4 is 18.9 Å². The number of benzene rings is 2. The number of ketones is 1. The Morgan fingerprint density at radius 2 is 1.59 bits per heavy atom. The van der Waals surface area contributed by atoms with E-state index in [1.807, 2.05) is 39.0 Å². The first kappa shape index (κ1) is 32.7. The normalized spacial score (nSPS) is 19.7. The number of hydrogen-bond acceptors (Lipinski definition) is 10. The number of hydrogen-bond donors (Lipinski definition) is 0. The highest BCUT2D eigenvalue weighted by Crippen LogP contribution is 2.48. The van der Waals surface area contributed by atoms with Gasteiger partial charge in [0.15, 0.2) is 23.0 Å². The quantitative estimate of drug-likeness (QED) is 0.173. The van der Waals surface area contributed by atoms with Crippen molar-refractivity contribution in [2.75, 3.05) is 34.0 Å². The Balaban J connectivity index is 1.76. The molecule has 10 heteroatoms. The van der Waals surface area contributed by atoms with E-state index in [2.05, 4.69) is 0 Å². The molecule has 0 amide bonds. The molecule has 1 aliphatic heterocycles. The van der Waals surface area contributed by atoms with Gasteiger partial charge < -0.3 is 28.4 Å². The zero-order chi connectivity index (χ0) is 32.0. The second kappa shape index (κ2) is 14.5. The molecule has 1 saturated carbocycles. The fourth-order valence-electron chi connectivity index (χ4n) is 5.87. The van der Waals surface area contributed by atoms with Crippen molar-refractivity contribution in [3.63, 3.8) is 0 Å². The SMILES string of the molecule is CCOc1cc([C@@H]2C(C(=O)OCCOC(C)C)=C(C)N=C3C[C@H](c4ccc(OC)c(OC)c4)CC(=O)C32)ccc1OC(C)=O. The molecule has 1 fully saturated rings. The minimum absolute atomic E-state index is 0.00422. The number of esters is 2. The second-order valence-electron chi connectivity index (χ2n) is 11.0. The largest absolute Gasteiger partial charge is 0.493 e. The Bertz CT molecular complexity index is 1460. The van der Waals surface area contributed by atoms with Gasteiger partial charge >= 0.3 is 11.9 Å². The minimum atomic E-state index is -0.682. The van der Waals surface area contributed by atoms with E-state index in [0.29, 0.717) is 52.8 Å². The summed E-state index contributed by atoms with van der Waals surface area (Å²) < 4.78 is 33.2. The summed E-state index contributed by atoms with van der Waals surface area (Å²) in [6.45, 7) is 9.33. The van der Waals surface area contributed by atoms with Crippen molar-refractivity contribution in [2.45, 2.75) is 65.4 Å². The molecule has 2 aromatic carbocycles. The Hall–Kier alpha value is -4.18. The van der Waals surface area contributed by atoms with Crippen molar-refractivity contribution < 1.29 is 42.8 Å². The highest BCUT2D eigenvalue weighted by atomic mass is 16.6. The zero-order valence-electron chi connectivity index (χ0n) is 26.4. The Morgan fingerprint density at radius 1 is 0.909 bits per heavy atom. The van der Waals surface area contributed by atoms with E-state index < -0.39 is 23.8 Å². The van der Waals surface area contributed by atoms with Crippen LogP contribution in [-0.4, -0.2) is 63.6 Å². The Kier molecular flexibility index (Phi) is 10.8. The van der Waals surface area contributed by atoms with Crippen LogP contribution in [0.25, 0.3) is 0 Å². The number of fused-ring (bicyclic) bond motifs is 1. The molecule has 44 heavy (non-hydrogen) atoms. The van der Waals surface area contributed by atoms with Gasteiger partial charge in [0.2, 0.25) is 0 Å². The van der Waals surface area contributed by atoms with E-state index in [0.717, 1.165) is 5.56 Å². The standard InChI is InChI=1S/C34H41NO9/c1-8-41-30-18-23(10-12-28(30)44-21(5)36)32-31(34(38)43-14-13-42-19(2)3)20(4)35-25-15-24(16-26(37)33(25)32)22-9-11-27(39-6)29(17-22)40-7/h9-12,17-19,24,32-33H,8,13-16H2,1-7H3/t24-,32+,33?/m0/s1. The molecule has 4 rings (SSSR count). The predicted octanol–water partition coefficient (Wildman–Crippen LogP) is 5.57. The van der Waals surface area contributed by atoms with E-state index in [-0.39, 0.29) is 43.2 Å². The molecule has 0 saturated heterocycles. The number of nitrogens with zero attached hydrogens (tertiary/aromatic N) is 1. The van der Waals surface area contributed by atoms with Gasteiger partial charge in [-0.25, -0.2) is 4.79 Å². The van der Waals surface area contributed by atoms with Crippen molar-refractivity contribution in [1.82, 2.24) is 0 Å². The molecule has 10 nitrogen and oxygen atoms in total. The van der Waals surface area contributed by atoms with Crippen LogP contribution in [0.3, 0.4) is 0 Å². The number of Topliss-reactive ketones (excluding diaryl/α,β-unsaturated/α-hetero) is 1. The van der Waals surface area contributed by atoms with Crippen LogP contribution in [-0.2, 0) is 23.9 Å². The number of allylic oxidation sites excluding steroid dienone is 1. The molecule has 236 valence electrons. The number of aliphatic imine (C=N–C) groups is 1. The fourth-order valence-corrected chi connectivity index (χ4v) is 5.87. The van der Waals surface area contributed by atoms with Crippen LogP contribution in [0.4, 0.5) is 0 Å². The lowest BCUT2D eigenvalue weighted by molar-refractivity contribution is -0.141. The monoisotopic (exact) mass is 607 g/mol. The van der Waals surface area contributed by atoms with Crippen LogP contribution in [0.5, 0.6) is 23.0 Å². The maximum atomic E-state index is 14.1. The molecule has 0 radical (unpaired) electrons. The van der Waals surface area contributed by atoms with E-state index >= 15 is 0 Å². The molecular weight excluding hydrogens is 566 g/mol. The van der Waals surface area contributed by atoms with Gasteiger partial charge in [-0.1, -0.05) is 12.1 Å². The second-order valence-corrected chi connectivity index (χ2v) is 11.0. The molecule has 0 N–H and O–H groups in total. The first-order valence-electron chi connectivity index (χ1n) is 14.8. The lowest BCUT2D eigenvalue weighted by Crippen LogP contribution is -2.41. The highest BCUT2D eigenvalue weighted by Gasteiger charge is 2.46. The summed E-state index contributed by atoms with van der Waals surface area (Å²) in [5, 5.41) is 0. The summed E-state index contributed by atoms with van der Waals surface area (Å²) in [5.41, 5.74) is 3.09. The molecule has 1 unspecified atom stereocenters. The summed E-state index contributed by atoms with van der Waals surface area (Å²) >= 11 is 0. The van der Waals surface area contributed by atoms with Crippen LogP contribution in [0.1, 0.15) is 70.4 Å². The molecule has 0 bridgehead atoms. The van der Waals surface area contributed by atoms with Gasteiger partial charge in [-0.3, -0.25) is 14.6 Å². The number of ether oxygens (including phenoxy) is 6. The number of carbonyl (C=O) groups is 3. The van der Waals surface area contributed by atoms with Crippen molar-refractivity contribution in [2.24, 2.45) is 10.9 Å². The van der Waals surface area contributed by atoms with Crippen molar-refractivity contribution in [3.8, 4) is 23.0 Å². The van der Waals surface area contributed by atoms with Crippen molar-refractivity contribution in [3.05, 3.63) is 58.8 Å². The molecule has 3 atom stereocenters. The maximum Gasteiger partial charge on any atom is 0.336 e. The average Bonchev–Trinajstić information content (AvgIpc) is 2.98. The third-order valence-corrected chi connectivity index (χ3v) is 7.70. The molecule has 2 aromatic rings. The first-order valence-corrected chi connectivity index (χ1v) is 14.8. The van der Waals surface area contributed by atoms with Gasteiger partial charge in [0.05, 0.1) is 45.0 Å². The fraction of sp³-hybridized carbons (Fsp3) is 0.471. The lowest BCUT2D eigenvalue weighted by Gasteiger charge is -2.38. The van der Waals surface area contributed by atoms with Gasteiger partial charge in [0, 0.05) is 30.7 Å². The maximum absolute atomic E-state index is 14.1. The van der Waals surface area contributed by atoms with E-state index in [9.17, 15) is 14.4 Å².